The van der Waals surface area contributed by atoms with Gasteiger partial charge in [-0.2, -0.15) is 0 Å². The van der Waals surface area contributed by atoms with Gasteiger partial charge in [-0.05, 0) is 31.3 Å². The monoisotopic (exact) mass is 122 g/mol. The van der Waals surface area contributed by atoms with Gasteiger partial charge < -0.3 is 0 Å². The van der Waals surface area contributed by atoms with Crippen molar-refractivity contribution in [1.82, 2.24) is 0 Å². The second-order valence-electron chi connectivity index (χ2n) is 2.69. The molecule has 0 aliphatic heterocycles. The standard InChI is InChI=1S/C9H14/c1-2-9-7-5-3-4-6-8-9/h1,3-8H2. The van der Waals surface area contributed by atoms with Crippen molar-refractivity contribution in [1.29, 1.82) is 0 Å². The molecule has 50 valence electrons. The van der Waals surface area contributed by atoms with Crippen molar-refractivity contribution < 1.29 is 0 Å². The van der Waals surface area contributed by atoms with Gasteiger partial charge in [-0.25, -0.2) is 0 Å². The van der Waals surface area contributed by atoms with Gasteiger partial charge in [-0.15, -0.1) is 5.73 Å². The zero-order valence-electron chi connectivity index (χ0n) is 5.95. The fourth-order valence-corrected chi connectivity index (χ4v) is 1.33. The lowest BCUT2D eigenvalue weighted by atomic mass is 10.1. The fourth-order valence-electron chi connectivity index (χ4n) is 1.33. The highest BCUT2D eigenvalue weighted by molar-refractivity contribution is 4.99. The highest BCUT2D eigenvalue weighted by atomic mass is 14.1. The number of hydrogen-bond acceptors (Lipinski definition) is 0. The summed E-state index contributed by atoms with van der Waals surface area (Å²) in [5.41, 5.74) is 4.46. The van der Waals surface area contributed by atoms with Gasteiger partial charge in [0.2, 0.25) is 0 Å². The Labute approximate surface area is 57.3 Å². The summed E-state index contributed by atoms with van der Waals surface area (Å²) < 4.78 is 0. The van der Waals surface area contributed by atoms with Gasteiger partial charge in [0, 0.05) is 0 Å². The Hall–Kier alpha value is -0.480. The van der Waals surface area contributed by atoms with Crippen molar-refractivity contribution in [2.24, 2.45) is 0 Å². The van der Waals surface area contributed by atoms with Gasteiger partial charge >= 0.3 is 0 Å². The Balaban J connectivity index is 2.45. The topological polar surface area (TPSA) is 0 Å². The van der Waals surface area contributed by atoms with Gasteiger partial charge in [-0.3, -0.25) is 0 Å². The van der Waals surface area contributed by atoms with Crippen LogP contribution in [0.25, 0.3) is 0 Å². The third kappa shape index (κ3) is 2.07. The van der Waals surface area contributed by atoms with Crippen molar-refractivity contribution in [3.8, 4) is 0 Å². The Morgan fingerprint density at radius 1 is 1.00 bits per heavy atom. The largest absolute Gasteiger partial charge is 0.130 e. The van der Waals surface area contributed by atoms with E-state index >= 15 is 0 Å². The van der Waals surface area contributed by atoms with Crippen LogP contribution in [0.2, 0.25) is 0 Å². The average Bonchev–Trinajstić information content (AvgIpc) is 2.13. The molecule has 0 N–H and O–H groups in total. The first-order valence-corrected chi connectivity index (χ1v) is 3.81. The maximum Gasteiger partial charge on any atom is -0.0244 e. The molecule has 1 saturated carbocycles. The minimum absolute atomic E-state index is 1.25. The van der Waals surface area contributed by atoms with Crippen LogP contribution in [0.15, 0.2) is 17.9 Å². The molecule has 1 aliphatic carbocycles. The third-order valence-electron chi connectivity index (χ3n) is 1.96. The van der Waals surface area contributed by atoms with Crippen molar-refractivity contribution in [2.75, 3.05) is 0 Å². The maximum atomic E-state index is 3.66. The fraction of sp³-hybridized carbons (Fsp3) is 0.667. The lowest BCUT2D eigenvalue weighted by Crippen LogP contribution is -1.75. The summed E-state index contributed by atoms with van der Waals surface area (Å²) in [6.07, 6.45) is 8.04. The molecule has 0 radical (unpaired) electrons. The molecule has 0 heterocycles. The SMILES string of the molecule is C=C=C1CCCCCC1. The Morgan fingerprint density at radius 3 is 2.00 bits per heavy atom. The van der Waals surface area contributed by atoms with Crippen LogP contribution in [0.3, 0.4) is 0 Å². The average molecular weight is 122 g/mol. The first kappa shape index (κ1) is 6.64. The van der Waals surface area contributed by atoms with Crippen LogP contribution in [0.1, 0.15) is 38.5 Å². The minimum atomic E-state index is 1.25. The van der Waals surface area contributed by atoms with Gasteiger partial charge in [0.1, 0.15) is 0 Å². The molecule has 1 rings (SSSR count). The van der Waals surface area contributed by atoms with Crippen LogP contribution >= 0.6 is 0 Å². The lowest BCUT2D eigenvalue weighted by Gasteiger charge is -1.94. The summed E-state index contributed by atoms with van der Waals surface area (Å²) in [5, 5.41) is 0. The number of allylic oxidation sites excluding steroid dienone is 1. The summed E-state index contributed by atoms with van der Waals surface area (Å²) in [6.45, 7) is 3.66. The second-order valence-corrected chi connectivity index (χ2v) is 2.69. The second kappa shape index (κ2) is 3.53. The molecule has 0 aromatic carbocycles. The van der Waals surface area contributed by atoms with Crippen molar-refractivity contribution in [3.63, 3.8) is 0 Å². The molecular weight excluding hydrogens is 108 g/mol. The Morgan fingerprint density at radius 2 is 1.56 bits per heavy atom. The predicted molar refractivity (Wildman–Crippen MR) is 40.4 cm³/mol. The first-order chi connectivity index (χ1) is 4.43. The molecule has 1 aliphatic rings. The summed E-state index contributed by atoms with van der Waals surface area (Å²) >= 11 is 0. The van der Waals surface area contributed by atoms with E-state index in [1.165, 1.54) is 44.1 Å². The Bertz CT molecular complexity index is 117. The maximum absolute atomic E-state index is 3.66. The van der Waals surface area contributed by atoms with E-state index in [-0.39, 0.29) is 0 Å². The van der Waals surface area contributed by atoms with E-state index in [1.54, 1.807) is 0 Å². The molecule has 0 amide bonds. The molecule has 0 spiro atoms. The molecule has 0 heteroatoms. The summed E-state index contributed by atoms with van der Waals surface area (Å²) in [4.78, 5) is 0. The molecule has 0 atom stereocenters. The predicted octanol–water partition coefficient (Wildman–Crippen LogP) is 3.05. The summed E-state index contributed by atoms with van der Waals surface area (Å²) in [5.74, 6) is 0. The summed E-state index contributed by atoms with van der Waals surface area (Å²) in [6, 6.07) is 0. The van der Waals surface area contributed by atoms with Crippen LogP contribution in [0.4, 0.5) is 0 Å². The van der Waals surface area contributed by atoms with Crippen molar-refractivity contribution in [2.45, 2.75) is 38.5 Å². The number of hydrogen-bond donors (Lipinski definition) is 0. The van der Waals surface area contributed by atoms with Crippen LogP contribution in [0.5, 0.6) is 0 Å². The van der Waals surface area contributed by atoms with Crippen molar-refractivity contribution in [3.05, 3.63) is 17.9 Å². The highest BCUT2D eigenvalue weighted by Crippen LogP contribution is 2.20. The van der Waals surface area contributed by atoms with Gasteiger partial charge in [0.15, 0.2) is 0 Å². The van der Waals surface area contributed by atoms with Gasteiger partial charge in [0.05, 0.1) is 0 Å². The van der Waals surface area contributed by atoms with Gasteiger partial charge in [0.25, 0.3) is 0 Å². The smallest absolute Gasteiger partial charge is 0.0244 e. The molecule has 0 aromatic heterocycles. The normalized spacial score (nSPS) is 20.7. The molecule has 9 heavy (non-hydrogen) atoms. The quantitative estimate of drug-likeness (QED) is 0.342. The van der Waals surface area contributed by atoms with E-state index in [0.717, 1.165) is 0 Å². The first-order valence-electron chi connectivity index (χ1n) is 3.81. The molecule has 0 bridgehead atoms. The summed E-state index contributed by atoms with van der Waals surface area (Å²) in [7, 11) is 0. The number of rotatable bonds is 0. The van der Waals surface area contributed by atoms with Crippen molar-refractivity contribution >= 4 is 0 Å². The molecule has 0 unspecified atom stereocenters. The third-order valence-corrected chi connectivity index (χ3v) is 1.96. The van der Waals surface area contributed by atoms with E-state index in [2.05, 4.69) is 12.3 Å². The highest BCUT2D eigenvalue weighted by Gasteiger charge is 2.01. The molecule has 0 nitrogen and oxygen atoms in total. The minimum Gasteiger partial charge on any atom is -0.130 e. The zero-order chi connectivity index (χ0) is 6.53. The van der Waals surface area contributed by atoms with Crippen LogP contribution in [-0.4, -0.2) is 0 Å². The van der Waals surface area contributed by atoms with E-state index in [1.807, 2.05) is 0 Å². The molecule has 0 aromatic rings. The van der Waals surface area contributed by atoms with E-state index < -0.39 is 0 Å². The van der Waals surface area contributed by atoms with E-state index in [0.29, 0.717) is 0 Å². The van der Waals surface area contributed by atoms with Crippen LogP contribution < -0.4 is 0 Å². The van der Waals surface area contributed by atoms with E-state index in [9.17, 15) is 0 Å². The van der Waals surface area contributed by atoms with Crippen LogP contribution in [0, 0.1) is 0 Å². The molecule has 1 fully saturated rings. The van der Waals surface area contributed by atoms with Gasteiger partial charge in [-0.1, -0.05) is 19.4 Å². The Kier molecular flexibility index (Phi) is 2.60. The molecule has 0 saturated heterocycles. The lowest BCUT2D eigenvalue weighted by molar-refractivity contribution is 0.702. The zero-order valence-corrected chi connectivity index (χ0v) is 5.95. The van der Waals surface area contributed by atoms with E-state index in [4.69, 9.17) is 0 Å². The molecular formula is C9H14. The van der Waals surface area contributed by atoms with Crippen LogP contribution in [-0.2, 0) is 0 Å².